The maximum Gasteiger partial charge on any atom is 0.396 e. The van der Waals surface area contributed by atoms with Crippen molar-refractivity contribution in [2.24, 2.45) is 0 Å². The lowest BCUT2D eigenvalue weighted by molar-refractivity contribution is -0.152. The van der Waals surface area contributed by atoms with Crippen LogP contribution in [0.4, 0.5) is 0 Å². The van der Waals surface area contributed by atoms with Gasteiger partial charge in [-0.05, 0) is 0 Å². The number of esters is 1. The summed E-state index contributed by atoms with van der Waals surface area (Å²) in [6, 6.07) is 0. The molecule has 2 N–H and O–H groups in total. The highest BCUT2D eigenvalue weighted by atomic mass is 16.5. The Balaban J connectivity index is 3.58. The van der Waals surface area contributed by atoms with Crippen LogP contribution in [0.3, 0.4) is 0 Å². The monoisotopic (exact) mass is 175 g/mol. The Hall–Kier alpha value is -1.59. The third kappa shape index (κ3) is 4.26. The fourth-order valence-corrected chi connectivity index (χ4v) is 0.448. The number of hydrogen-bond donors (Lipinski definition) is 2. The molecule has 0 fully saturated rings. The zero-order chi connectivity index (χ0) is 9.56. The Morgan fingerprint density at radius 1 is 1.42 bits per heavy atom. The lowest BCUT2D eigenvalue weighted by atomic mass is 10.4. The molecule has 0 aromatic carbocycles. The standard InChI is InChI=1S/C6H9NO5/c1-12-6(11)5(10)7-3-2-4(8)9/h2-3H2,1H3,(H,7,10)(H,8,9). The summed E-state index contributed by atoms with van der Waals surface area (Å²) in [4.78, 5) is 30.9. The van der Waals surface area contributed by atoms with Gasteiger partial charge >= 0.3 is 17.8 Å². The second-order valence-electron chi connectivity index (χ2n) is 1.89. The Labute approximate surface area is 68.5 Å². The first kappa shape index (κ1) is 10.4. The van der Waals surface area contributed by atoms with Crippen LogP contribution in [0.25, 0.3) is 0 Å². The molecule has 6 heteroatoms. The molecule has 12 heavy (non-hydrogen) atoms. The summed E-state index contributed by atoms with van der Waals surface area (Å²) in [6.45, 7) is -0.0801. The number of methoxy groups -OCH3 is 1. The number of amides is 1. The largest absolute Gasteiger partial charge is 0.481 e. The molecule has 0 heterocycles. The second kappa shape index (κ2) is 5.11. The van der Waals surface area contributed by atoms with Gasteiger partial charge in [-0.3, -0.25) is 9.59 Å². The molecule has 0 saturated heterocycles. The van der Waals surface area contributed by atoms with Gasteiger partial charge in [0.2, 0.25) is 0 Å². The number of nitrogens with one attached hydrogen (secondary N) is 1. The smallest absolute Gasteiger partial charge is 0.396 e. The minimum absolute atomic E-state index is 0.0801. The van der Waals surface area contributed by atoms with Gasteiger partial charge in [-0.25, -0.2) is 4.79 Å². The van der Waals surface area contributed by atoms with E-state index in [1.807, 2.05) is 0 Å². The van der Waals surface area contributed by atoms with Crippen LogP contribution in [0.5, 0.6) is 0 Å². The van der Waals surface area contributed by atoms with Crippen LogP contribution in [-0.4, -0.2) is 36.6 Å². The second-order valence-corrected chi connectivity index (χ2v) is 1.89. The van der Waals surface area contributed by atoms with E-state index in [0.717, 1.165) is 7.11 Å². The average molecular weight is 175 g/mol. The van der Waals surface area contributed by atoms with Gasteiger partial charge in [-0.1, -0.05) is 0 Å². The summed E-state index contributed by atoms with van der Waals surface area (Å²) in [6.07, 6.45) is -0.220. The van der Waals surface area contributed by atoms with Crippen molar-refractivity contribution in [2.75, 3.05) is 13.7 Å². The van der Waals surface area contributed by atoms with Crippen LogP contribution in [0.2, 0.25) is 0 Å². The van der Waals surface area contributed by atoms with E-state index in [1.165, 1.54) is 0 Å². The average Bonchev–Trinajstić information content (AvgIpc) is 2.02. The number of ether oxygens (including phenoxy) is 1. The van der Waals surface area contributed by atoms with Crippen molar-refractivity contribution in [3.63, 3.8) is 0 Å². The molecule has 0 aromatic heterocycles. The van der Waals surface area contributed by atoms with Crippen LogP contribution in [0, 0.1) is 0 Å². The highest BCUT2D eigenvalue weighted by molar-refractivity contribution is 6.32. The first-order valence-corrected chi connectivity index (χ1v) is 3.16. The van der Waals surface area contributed by atoms with Crippen LogP contribution in [0.15, 0.2) is 0 Å². The zero-order valence-corrected chi connectivity index (χ0v) is 6.49. The Kier molecular flexibility index (Phi) is 4.43. The molecule has 0 aliphatic carbocycles. The number of hydrogen-bond acceptors (Lipinski definition) is 4. The number of aliphatic carboxylic acids is 1. The van der Waals surface area contributed by atoms with Crippen molar-refractivity contribution < 1.29 is 24.2 Å². The van der Waals surface area contributed by atoms with Gasteiger partial charge in [0, 0.05) is 6.54 Å². The van der Waals surface area contributed by atoms with E-state index in [0.29, 0.717) is 0 Å². The van der Waals surface area contributed by atoms with E-state index in [9.17, 15) is 14.4 Å². The molecule has 0 spiro atoms. The molecule has 0 aliphatic heterocycles. The van der Waals surface area contributed by atoms with E-state index >= 15 is 0 Å². The maximum absolute atomic E-state index is 10.6. The third-order valence-corrected chi connectivity index (χ3v) is 0.995. The van der Waals surface area contributed by atoms with E-state index < -0.39 is 17.8 Å². The summed E-state index contributed by atoms with van der Waals surface area (Å²) >= 11 is 0. The van der Waals surface area contributed by atoms with Gasteiger partial charge in [0.15, 0.2) is 0 Å². The number of carboxylic acid groups (broad SMARTS) is 1. The molecule has 0 aliphatic rings. The highest BCUT2D eigenvalue weighted by Crippen LogP contribution is 1.77. The molecule has 0 unspecified atom stereocenters. The van der Waals surface area contributed by atoms with E-state index in [2.05, 4.69) is 10.1 Å². The Morgan fingerprint density at radius 3 is 2.42 bits per heavy atom. The first-order chi connectivity index (χ1) is 5.57. The molecule has 0 aromatic rings. The van der Waals surface area contributed by atoms with E-state index in [-0.39, 0.29) is 13.0 Å². The molecule has 0 saturated carbocycles. The summed E-state index contributed by atoms with van der Waals surface area (Å²) in [5.41, 5.74) is 0. The van der Waals surface area contributed by atoms with Crippen molar-refractivity contribution in [1.29, 1.82) is 0 Å². The Morgan fingerprint density at radius 2 is 2.00 bits per heavy atom. The molecular formula is C6H9NO5. The van der Waals surface area contributed by atoms with E-state index in [4.69, 9.17) is 5.11 Å². The van der Waals surface area contributed by atoms with Crippen molar-refractivity contribution >= 4 is 17.8 Å². The predicted octanol–water partition coefficient (Wildman–Crippen LogP) is -1.25. The predicted molar refractivity (Wildman–Crippen MR) is 37.3 cm³/mol. The van der Waals surface area contributed by atoms with Gasteiger partial charge < -0.3 is 15.2 Å². The Bertz CT molecular complexity index is 200. The van der Waals surface area contributed by atoms with E-state index in [1.54, 1.807) is 0 Å². The van der Waals surface area contributed by atoms with Crippen molar-refractivity contribution in [3.8, 4) is 0 Å². The van der Waals surface area contributed by atoms with Crippen LogP contribution >= 0.6 is 0 Å². The molecule has 0 radical (unpaired) electrons. The fraction of sp³-hybridized carbons (Fsp3) is 0.500. The number of carbonyl (C=O) groups excluding carboxylic acids is 2. The number of rotatable bonds is 3. The molecule has 0 rings (SSSR count). The molecule has 68 valence electrons. The molecule has 0 atom stereocenters. The minimum atomic E-state index is -1.04. The normalized spacial score (nSPS) is 8.75. The van der Waals surface area contributed by atoms with Crippen molar-refractivity contribution in [2.45, 2.75) is 6.42 Å². The summed E-state index contributed by atoms with van der Waals surface area (Å²) in [5.74, 6) is -3.00. The maximum atomic E-state index is 10.6. The van der Waals surface area contributed by atoms with Crippen LogP contribution in [-0.2, 0) is 19.1 Å². The SMILES string of the molecule is COC(=O)C(=O)NCCC(=O)O. The molecular weight excluding hydrogens is 166 g/mol. The van der Waals surface area contributed by atoms with Gasteiger partial charge in [0.25, 0.3) is 0 Å². The number of carboxylic acids is 1. The zero-order valence-electron chi connectivity index (χ0n) is 6.49. The van der Waals surface area contributed by atoms with Crippen LogP contribution in [0.1, 0.15) is 6.42 Å². The van der Waals surface area contributed by atoms with Gasteiger partial charge in [0.05, 0.1) is 13.5 Å². The summed E-state index contributed by atoms with van der Waals surface area (Å²) in [5, 5.41) is 10.2. The lowest BCUT2D eigenvalue weighted by Gasteiger charge is -1.99. The molecule has 6 nitrogen and oxygen atoms in total. The number of carbonyl (C=O) groups is 3. The fourth-order valence-electron chi connectivity index (χ4n) is 0.448. The molecule has 1 amide bonds. The van der Waals surface area contributed by atoms with Crippen molar-refractivity contribution in [3.05, 3.63) is 0 Å². The van der Waals surface area contributed by atoms with Crippen molar-refractivity contribution in [1.82, 2.24) is 5.32 Å². The third-order valence-electron chi connectivity index (χ3n) is 0.995. The summed E-state index contributed by atoms with van der Waals surface area (Å²) < 4.78 is 4.07. The van der Waals surface area contributed by atoms with Gasteiger partial charge in [-0.15, -0.1) is 0 Å². The topological polar surface area (TPSA) is 92.7 Å². The quantitative estimate of drug-likeness (QED) is 0.413. The van der Waals surface area contributed by atoms with Crippen LogP contribution < -0.4 is 5.32 Å². The molecule has 0 bridgehead atoms. The van der Waals surface area contributed by atoms with Gasteiger partial charge in [-0.2, -0.15) is 0 Å². The summed E-state index contributed by atoms with van der Waals surface area (Å²) in [7, 11) is 1.07. The van der Waals surface area contributed by atoms with Gasteiger partial charge in [0.1, 0.15) is 0 Å². The first-order valence-electron chi connectivity index (χ1n) is 3.16. The highest BCUT2D eigenvalue weighted by Gasteiger charge is 2.12. The minimum Gasteiger partial charge on any atom is -0.481 e. The lowest BCUT2D eigenvalue weighted by Crippen LogP contribution is -2.33.